The Bertz CT molecular complexity index is 531. The number of oxime groups is 1. The van der Waals surface area contributed by atoms with Gasteiger partial charge in [-0.15, -0.1) is 0 Å². The second kappa shape index (κ2) is 10.1. The van der Waals surface area contributed by atoms with E-state index < -0.39 is 11.0 Å². The van der Waals surface area contributed by atoms with Crippen molar-refractivity contribution in [3.63, 3.8) is 0 Å². The number of hydrogen-bond donors (Lipinski definition) is 2. The fourth-order valence-electron chi connectivity index (χ4n) is 2.57. The van der Waals surface area contributed by atoms with Gasteiger partial charge in [0.15, 0.2) is 0 Å². The second-order valence-corrected chi connectivity index (χ2v) is 7.86. The van der Waals surface area contributed by atoms with Crippen LogP contribution >= 0.6 is 15.9 Å². The number of nitrogens with zero attached hydrogens (tertiary/aromatic N) is 1. The summed E-state index contributed by atoms with van der Waals surface area (Å²) in [5, 5.41) is 7.12. The van der Waals surface area contributed by atoms with E-state index in [0.29, 0.717) is 6.04 Å². The predicted molar refractivity (Wildman–Crippen MR) is 99.3 cm³/mol. The van der Waals surface area contributed by atoms with Crippen LogP contribution in [0, 0.1) is 0 Å². The van der Waals surface area contributed by atoms with Crippen molar-refractivity contribution in [2.75, 3.05) is 19.0 Å². The van der Waals surface area contributed by atoms with Crippen LogP contribution in [0.4, 0.5) is 5.69 Å². The summed E-state index contributed by atoms with van der Waals surface area (Å²) >= 11 is 3.16. The van der Waals surface area contributed by atoms with Crippen molar-refractivity contribution < 1.29 is 9.05 Å². The molecule has 0 radical (unpaired) electrons. The maximum atomic E-state index is 11.5. The van der Waals surface area contributed by atoms with Crippen LogP contribution in [0.3, 0.4) is 0 Å². The van der Waals surface area contributed by atoms with Crippen LogP contribution in [0.25, 0.3) is 0 Å². The maximum Gasteiger partial charge on any atom is 0.126 e. The molecule has 0 aromatic heterocycles. The number of halogens is 1. The molecule has 3 rings (SSSR count). The van der Waals surface area contributed by atoms with Gasteiger partial charge in [-0.3, -0.25) is 0 Å². The molecule has 5 nitrogen and oxygen atoms in total. The molecule has 1 aliphatic carbocycles. The molecule has 128 valence electrons. The zero-order valence-corrected chi connectivity index (χ0v) is 15.8. The van der Waals surface area contributed by atoms with E-state index in [1.54, 1.807) is 7.05 Å². The van der Waals surface area contributed by atoms with Crippen molar-refractivity contribution in [3.05, 3.63) is 24.3 Å². The molecule has 0 bridgehead atoms. The van der Waals surface area contributed by atoms with E-state index in [9.17, 15) is 4.21 Å². The summed E-state index contributed by atoms with van der Waals surface area (Å²) in [4.78, 5) is 5.42. The second-order valence-electron chi connectivity index (χ2n) is 5.53. The number of nitrogens with one attached hydrogen (secondary N) is 2. The van der Waals surface area contributed by atoms with Gasteiger partial charge in [-0.2, -0.15) is 0 Å². The predicted octanol–water partition coefficient (Wildman–Crippen LogP) is 3.79. The lowest BCUT2D eigenvalue weighted by molar-refractivity contribution is 0.174. The highest BCUT2D eigenvalue weighted by Gasteiger charge is 2.12. The zero-order valence-electron chi connectivity index (χ0n) is 13.4. The largest absolute Gasteiger partial charge is 0.395 e. The number of rotatable bonds is 4. The number of benzene rings is 1. The first-order valence-electron chi connectivity index (χ1n) is 7.99. The molecule has 0 amide bonds. The highest BCUT2D eigenvalue weighted by atomic mass is 79.9. The van der Waals surface area contributed by atoms with Crippen LogP contribution in [0.1, 0.15) is 38.5 Å². The lowest BCUT2D eigenvalue weighted by Gasteiger charge is -2.23. The Labute approximate surface area is 149 Å². The molecule has 0 spiro atoms. The first-order valence-corrected chi connectivity index (χ1v) is 9.93. The van der Waals surface area contributed by atoms with Crippen LogP contribution in [-0.2, 0) is 15.8 Å². The van der Waals surface area contributed by atoms with Crippen LogP contribution in [0.2, 0.25) is 0 Å². The Morgan fingerprint density at radius 3 is 2.39 bits per heavy atom. The van der Waals surface area contributed by atoms with Crippen LogP contribution in [0.15, 0.2) is 34.3 Å². The third-order valence-corrected chi connectivity index (χ3v) is 5.41. The first-order chi connectivity index (χ1) is 11.2. The quantitative estimate of drug-likeness (QED) is 0.806. The summed E-state index contributed by atoms with van der Waals surface area (Å²) in [6, 6.07) is 8.47. The minimum absolute atomic E-state index is 0.615. The van der Waals surface area contributed by atoms with Crippen molar-refractivity contribution in [1.82, 2.24) is 4.72 Å². The molecule has 2 N–H and O–H groups in total. The van der Waals surface area contributed by atoms with Gasteiger partial charge in [0.2, 0.25) is 0 Å². The van der Waals surface area contributed by atoms with E-state index in [4.69, 9.17) is 0 Å². The SMILES string of the molecule is BrC1=NOCC1.CNS(=O)c1ccc(NC2CCCCC2)cc1. The normalized spacial score (nSPS) is 19.1. The van der Waals surface area contributed by atoms with Gasteiger partial charge in [0.05, 0.1) is 4.90 Å². The Morgan fingerprint density at radius 1 is 1.22 bits per heavy atom. The number of hydrogen-bond acceptors (Lipinski definition) is 4. The van der Waals surface area contributed by atoms with Crippen LogP contribution < -0.4 is 10.0 Å². The van der Waals surface area contributed by atoms with Gasteiger partial charge in [-0.05, 0) is 60.1 Å². The lowest BCUT2D eigenvalue weighted by atomic mass is 9.95. The smallest absolute Gasteiger partial charge is 0.126 e. The molecule has 1 fully saturated rings. The van der Waals surface area contributed by atoms with Gasteiger partial charge in [0, 0.05) is 18.2 Å². The molecule has 1 aromatic rings. The van der Waals surface area contributed by atoms with Crippen LogP contribution in [-0.4, -0.2) is 28.5 Å². The van der Waals surface area contributed by atoms with E-state index in [-0.39, 0.29) is 0 Å². The van der Waals surface area contributed by atoms with E-state index in [1.807, 2.05) is 24.3 Å². The molecular formula is C16H24BrN3O2S. The van der Waals surface area contributed by atoms with Gasteiger partial charge in [-0.25, -0.2) is 8.93 Å². The molecule has 1 unspecified atom stereocenters. The average Bonchev–Trinajstić information content (AvgIpc) is 3.07. The third-order valence-electron chi connectivity index (χ3n) is 3.79. The Morgan fingerprint density at radius 2 is 1.91 bits per heavy atom. The summed E-state index contributed by atoms with van der Waals surface area (Å²) in [6.07, 6.45) is 7.51. The lowest BCUT2D eigenvalue weighted by Crippen LogP contribution is -2.22. The van der Waals surface area contributed by atoms with Crippen molar-refractivity contribution in [2.24, 2.45) is 5.16 Å². The van der Waals surface area contributed by atoms with Gasteiger partial charge < -0.3 is 10.2 Å². The highest BCUT2D eigenvalue weighted by molar-refractivity contribution is 9.18. The summed E-state index contributed by atoms with van der Waals surface area (Å²) < 4.78 is 15.1. The van der Waals surface area contributed by atoms with Crippen LogP contribution in [0.5, 0.6) is 0 Å². The van der Waals surface area contributed by atoms with E-state index in [0.717, 1.165) is 28.2 Å². The van der Waals surface area contributed by atoms with Crippen molar-refractivity contribution in [2.45, 2.75) is 49.5 Å². The standard InChI is InChI=1S/C13H20N2OS.C3H4BrNO/c1-14-17(16)13-9-7-12(8-10-13)15-11-5-3-2-4-6-11;4-3-1-2-6-5-3/h7-11,14-15H,2-6H2,1H3;1-2H2. The Balaban J connectivity index is 0.000000268. The summed E-state index contributed by atoms with van der Waals surface area (Å²) in [7, 11) is 0.616. The molecule has 1 aliphatic heterocycles. The summed E-state index contributed by atoms with van der Waals surface area (Å²) in [5.41, 5.74) is 1.13. The minimum Gasteiger partial charge on any atom is -0.395 e. The molecule has 0 saturated heterocycles. The van der Waals surface area contributed by atoms with E-state index in [1.165, 1.54) is 32.1 Å². The zero-order chi connectivity index (χ0) is 16.5. The molecule has 7 heteroatoms. The van der Waals surface area contributed by atoms with Crippen molar-refractivity contribution in [3.8, 4) is 0 Å². The molecule has 1 saturated carbocycles. The molecule has 1 aromatic carbocycles. The monoisotopic (exact) mass is 401 g/mol. The Kier molecular flexibility index (Phi) is 8.05. The number of anilines is 1. The topological polar surface area (TPSA) is 62.7 Å². The van der Waals surface area contributed by atoms with E-state index >= 15 is 0 Å². The Hall–Kier alpha value is -0.920. The fourth-order valence-corrected chi connectivity index (χ4v) is 3.45. The van der Waals surface area contributed by atoms with E-state index in [2.05, 4.69) is 36.0 Å². The van der Waals surface area contributed by atoms with Gasteiger partial charge >= 0.3 is 0 Å². The molecular weight excluding hydrogens is 378 g/mol. The van der Waals surface area contributed by atoms with Crippen molar-refractivity contribution >= 4 is 37.2 Å². The summed E-state index contributed by atoms with van der Waals surface area (Å²) in [6.45, 7) is 0.737. The minimum atomic E-state index is -1.08. The van der Waals surface area contributed by atoms with Crippen molar-refractivity contribution in [1.29, 1.82) is 0 Å². The molecule has 1 heterocycles. The van der Waals surface area contributed by atoms with Gasteiger partial charge in [0.25, 0.3) is 0 Å². The highest BCUT2D eigenvalue weighted by Crippen LogP contribution is 2.22. The molecule has 23 heavy (non-hydrogen) atoms. The molecule has 1 atom stereocenters. The maximum absolute atomic E-state index is 11.5. The first kappa shape index (κ1) is 18.4. The summed E-state index contributed by atoms with van der Waals surface area (Å²) in [5.74, 6) is 0. The van der Waals surface area contributed by atoms with Gasteiger partial charge in [-0.1, -0.05) is 24.4 Å². The third kappa shape index (κ3) is 6.61. The fraction of sp³-hybridized carbons (Fsp3) is 0.562. The average molecular weight is 402 g/mol. The molecule has 2 aliphatic rings. The van der Waals surface area contributed by atoms with Gasteiger partial charge in [0.1, 0.15) is 22.2 Å².